The number of hydrogen-bond donors (Lipinski definition) is 2. The van der Waals surface area contributed by atoms with E-state index in [0.29, 0.717) is 22.6 Å². The number of amides is 1. The van der Waals surface area contributed by atoms with Crippen LogP contribution in [-0.2, 0) is 0 Å². The summed E-state index contributed by atoms with van der Waals surface area (Å²) < 4.78 is 0.991. The van der Waals surface area contributed by atoms with E-state index in [1.54, 1.807) is 36.4 Å². The van der Waals surface area contributed by atoms with Crippen molar-refractivity contribution in [2.24, 2.45) is 0 Å². The molecule has 2 aromatic carbocycles. The first-order valence-electron chi connectivity index (χ1n) is 6.80. The minimum Gasteiger partial charge on any atom is -0.508 e. The maximum absolute atomic E-state index is 12.2. The number of aromatic hydroxyl groups is 1. The lowest BCUT2D eigenvalue weighted by Crippen LogP contribution is -2.12. The average Bonchev–Trinajstić information content (AvgIpc) is 2.55. The molecule has 1 heterocycles. The van der Waals surface area contributed by atoms with Gasteiger partial charge in [0.2, 0.25) is 0 Å². The van der Waals surface area contributed by atoms with Crippen LogP contribution in [0, 0.1) is 3.57 Å². The van der Waals surface area contributed by atoms with Crippen molar-refractivity contribution in [3.63, 3.8) is 0 Å². The van der Waals surface area contributed by atoms with Gasteiger partial charge in [0.1, 0.15) is 5.75 Å². The molecule has 0 radical (unpaired) electrons. The summed E-state index contributed by atoms with van der Waals surface area (Å²) in [6, 6.07) is 14.0. The van der Waals surface area contributed by atoms with Gasteiger partial charge < -0.3 is 10.4 Å². The lowest BCUT2D eigenvalue weighted by atomic mass is 10.2. The molecular formula is C17H12IN3O2. The van der Waals surface area contributed by atoms with Crippen LogP contribution in [0.1, 0.15) is 10.4 Å². The van der Waals surface area contributed by atoms with Gasteiger partial charge in [0.15, 0.2) is 5.82 Å². The second kappa shape index (κ2) is 6.74. The van der Waals surface area contributed by atoms with Gasteiger partial charge in [-0.25, -0.2) is 9.97 Å². The Morgan fingerprint density at radius 2 is 1.78 bits per heavy atom. The van der Waals surface area contributed by atoms with E-state index in [4.69, 9.17) is 0 Å². The van der Waals surface area contributed by atoms with Crippen molar-refractivity contribution in [3.05, 3.63) is 70.1 Å². The van der Waals surface area contributed by atoms with E-state index in [2.05, 4.69) is 37.9 Å². The van der Waals surface area contributed by atoms with Crippen LogP contribution in [0.5, 0.6) is 5.75 Å². The van der Waals surface area contributed by atoms with Crippen molar-refractivity contribution in [1.82, 2.24) is 9.97 Å². The molecule has 1 amide bonds. The molecule has 5 nitrogen and oxygen atoms in total. The molecule has 1 aromatic heterocycles. The first-order valence-corrected chi connectivity index (χ1v) is 7.88. The molecule has 6 heteroatoms. The monoisotopic (exact) mass is 417 g/mol. The van der Waals surface area contributed by atoms with Gasteiger partial charge in [-0.05, 0) is 52.9 Å². The van der Waals surface area contributed by atoms with Crippen LogP contribution in [0.4, 0.5) is 5.69 Å². The van der Waals surface area contributed by atoms with Gasteiger partial charge in [-0.1, -0.05) is 18.2 Å². The van der Waals surface area contributed by atoms with Crippen molar-refractivity contribution in [3.8, 4) is 17.1 Å². The standard InChI is InChI=1S/C17H12IN3O2/c18-13-5-1-4-12(7-13)17(23)21-14-9-19-16(20-10-14)11-3-2-6-15(22)8-11/h1-10,22H,(H,21,23). The van der Waals surface area contributed by atoms with Crippen LogP contribution in [0.3, 0.4) is 0 Å². The second-order valence-electron chi connectivity index (χ2n) is 4.81. The number of hydrogen-bond acceptors (Lipinski definition) is 4. The van der Waals surface area contributed by atoms with Crippen LogP contribution < -0.4 is 5.32 Å². The Labute approximate surface area is 146 Å². The van der Waals surface area contributed by atoms with Crippen molar-refractivity contribution in [2.75, 3.05) is 5.32 Å². The van der Waals surface area contributed by atoms with Gasteiger partial charge in [0, 0.05) is 14.7 Å². The van der Waals surface area contributed by atoms with Crippen LogP contribution in [0.2, 0.25) is 0 Å². The molecule has 0 spiro atoms. The molecule has 0 bridgehead atoms. The van der Waals surface area contributed by atoms with Crippen molar-refractivity contribution in [2.45, 2.75) is 0 Å². The fourth-order valence-electron chi connectivity index (χ4n) is 2.02. The van der Waals surface area contributed by atoms with Crippen molar-refractivity contribution < 1.29 is 9.90 Å². The molecule has 3 rings (SSSR count). The van der Waals surface area contributed by atoms with E-state index >= 15 is 0 Å². The largest absolute Gasteiger partial charge is 0.508 e. The zero-order valence-corrected chi connectivity index (χ0v) is 14.1. The summed E-state index contributed by atoms with van der Waals surface area (Å²) in [5, 5.41) is 12.2. The molecule has 0 aliphatic rings. The minimum absolute atomic E-state index is 0.155. The number of nitrogens with zero attached hydrogens (tertiary/aromatic N) is 2. The number of halogens is 1. The molecule has 0 aliphatic carbocycles. The summed E-state index contributed by atoms with van der Waals surface area (Å²) in [7, 11) is 0. The lowest BCUT2D eigenvalue weighted by Gasteiger charge is -2.06. The molecule has 0 saturated carbocycles. The number of carbonyl (C=O) groups excluding carboxylic acids is 1. The first kappa shape index (κ1) is 15.4. The zero-order chi connectivity index (χ0) is 16.2. The Balaban J connectivity index is 1.76. The normalized spacial score (nSPS) is 10.3. The average molecular weight is 417 g/mol. The summed E-state index contributed by atoms with van der Waals surface area (Å²) in [6.07, 6.45) is 3.08. The van der Waals surface area contributed by atoms with E-state index < -0.39 is 0 Å². The third kappa shape index (κ3) is 3.84. The highest BCUT2D eigenvalue weighted by atomic mass is 127. The van der Waals surface area contributed by atoms with Gasteiger partial charge in [-0.2, -0.15) is 0 Å². The zero-order valence-electron chi connectivity index (χ0n) is 11.9. The fourth-order valence-corrected chi connectivity index (χ4v) is 2.56. The highest BCUT2D eigenvalue weighted by molar-refractivity contribution is 14.1. The number of aromatic nitrogens is 2. The SMILES string of the molecule is O=C(Nc1cnc(-c2cccc(O)c2)nc1)c1cccc(I)c1. The number of phenols is 1. The molecule has 3 aromatic rings. The smallest absolute Gasteiger partial charge is 0.255 e. The number of carbonyl (C=O) groups is 1. The maximum atomic E-state index is 12.2. The molecular weight excluding hydrogens is 405 g/mol. The predicted molar refractivity (Wildman–Crippen MR) is 96.2 cm³/mol. The number of benzene rings is 2. The van der Waals surface area contributed by atoms with Gasteiger partial charge in [-0.3, -0.25) is 4.79 Å². The molecule has 0 aliphatic heterocycles. The summed E-state index contributed by atoms with van der Waals surface area (Å²) in [5.74, 6) is 0.424. The maximum Gasteiger partial charge on any atom is 0.255 e. The number of phenolic OH excluding ortho intramolecular Hbond substituents is 1. The van der Waals surface area contributed by atoms with Crippen LogP contribution in [-0.4, -0.2) is 21.0 Å². The van der Waals surface area contributed by atoms with E-state index in [1.807, 2.05) is 12.1 Å². The van der Waals surface area contributed by atoms with Crippen LogP contribution >= 0.6 is 22.6 Å². The minimum atomic E-state index is -0.211. The van der Waals surface area contributed by atoms with E-state index in [0.717, 1.165) is 3.57 Å². The number of nitrogens with one attached hydrogen (secondary N) is 1. The van der Waals surface area contributed by atoms with Gasteiger partial charge in [-0.15, -0.1) is 0 Å². The van der Waals surface area contributed by atoms with E-state index in [-0.39, 0.29) is 11.7 Å². The van der Waals surface area contributed by atoms with E-state index in [9.17, 15) is 9.90 Å². The Kier molecular flexibility index (Phi) is 4.52. The number of anilines is 1. The number of rotatable bonds is 3. The molecule has 0 fully saturated rings. The van der Waals surface area contributed by atoms with Crippen molar-refractivity contribution >= 4 is 34.2 Å². The Bertz CT molecular complexity index is 850. The summed E-state index contributed by atoms with van der Waals surface area (Å²) in [5.41, 5.74) is 1.80. The molecule has 23 heavy (non-hydrogen) atoms. The molecule has 0 atom stereocenters. The summed E-state index contributed by atoms with van der Waals surface area (Å²) in [4.78, 5) is 20.6. The summed E-state index contributed by atoms with van der Waals surface area (Å²) >= 11 is 2.16. The molecule has 2 N–H and O–H groups in total. The first-order chi connectivity index (χ1) is 11.1. The fraction of sp³-hybridized carbons (Fsp3) is 0. The topological polar surface area (TPSA) is 75.1 Å². The predicted octanol–water partition coefficient (Wildman–Crippen LogP) is 3.71. The Morgan fingerprint density at radius 3 is 2.48 bits per heavy atom. The van der Waals surface area contributed by atoms with Crippen LogP contribution in [0.15, 0.2) is 60.9 Å². The quantitative estimate of drug-likeness (QED) is 0.638. The third-order valence-corrected chi connectivity index (χ3v) is 3.77. The second-order valence-corrected chi connectivity index (χ2v) is 6.06. The highest BCUT2D eigenvalue weighted by Crippen LogP contribution is 2.20. The van der Waals surface area contributed by atoms with Crippen molar-refractivity contribution in [1.29, 1.82) is 0 Å². The van der Waals surface area contributed by atoms with Gasteiger partial charge >= 0.3 is 0 Å². The molecule has 0 unspecified atom stereocenters. The molecule has 114 valence electrons. The van der Waals surface area contributed by atoms with Crippen LogP contribution in [0.25, 0.3) is 11.4 Å². The Morgan fingerprint density at radius 1 is 1.04 bits per heavy atom. The Hall–Kier alpha value is -2.48. The van der Waals surface area contributed by atoms with E-state index in [1.165, 1.54) is 12.4 Å². The third-order valence-electron chi connectivity index (χ3n) is 3.10. The molecule has 0 saturated heterocycles. The highest BCUT2D eigenvalue weighted by Gasteiger charge is 2.08. The van der Waals surface area contributed by atoms with Gasteiger partial charge in [0.05, 0.1) is 18.1 Å². The van der Waals surface area contributed by atoms with Gasteiger partial charge in [0.25, 0.3) is 5.91 Å². The summed E-state index contributed by atoms with van der Waals surface area (Å²) in [6.45, 7) is 0. The lowest BCUT2D eigenvalue weighted by molar-refractivity contribution is 0.102.